The number of benzene rings is 2. The molecule has 1 saturated heterocycles. The maximum absolute atomic E-state index is 14.1. The van der Waals surface area contributed by atoms with Gasteiger partial charge in [0.05, 0.1) is 24.9 Å². The molecule has 0 bridgehead atoms. The van der Waals surface area contributed by atoms with Crippen LogP contribution in [0.25, 0.3) is 0 Å². The van der Waals surface area contributed by atoms with E-state index in [1.54, 1.807) is 6.92 Å². The molecule has 0 radical (unpaired) electrons. The Hall–Kier alpha value is -2.40. The molecule has 0 aliphatic carbocycles. The van der Waals surface area contributed by atoms with Crippen LogP contribution in [-0.2, 0) is 11.2 Å². The lowest BCUT2D eigenvalue weighted by Crippen LogP contribution is -2.20. The average molecular weight is 400 g/mol. The molecule has 3 rings (SSSR count). The van der Waals surface area contributed by atoms with Crippen LogP contribution in [0.2, 0.25) is 0 Å². The van der Waals surface area contributed by atoms with Crippen LogP contribution in [0.15, 0.2) is 36.4 Å². The molecule has 156 valence electrons. The molecule has 1 N–H and O–H groups in total. The summed E-state index contributed by atoms with van der Waals surface area (Å²) in [4.78, 5) is 12.5. The van der Waals surface area contributed by atoms with Crippen LogP contribution < -0.4 is 4.74 Å². The third kappa shape index (κ3) is 5.15. The number of ether oxygens (including phenoxy) is 2. The second kappa shape index (κ2) is 9.88. The zero-order chi connectivity index (χ0) is 20.8. The van der Waals surface area contributed by atoms with Crippen molar-refractivity contribution in [2.24, 2.45) is 5.92 Å². The summed E-state index contributed by atoms with van der Waals surface area (Å²) in [6.07, 6.45) is 4.80. The Labute approximate surface area is 171 Å². The van der Waals surface area contributed by atoms with Gasteiger partial charge >= 0.3 is 0 Å². The van der Waals surface area contributed by atoms with E-state index in [2.05, 4.69) is 6.92 Å². The molecule has 2 atom stereocenters. The van der Waals surface area contributed by atoms with Gasteiger partial charge in [-0.3, -0.25) is 4.79 Å². The quantitative estimate of drug-likeness (QED) is 0.584. The molecule has 1 fully saturated rings. The normalized spacial score (nSPS) is 19.1. The van der Waals surface area contributed by atoms with Gasteiger partial charge in [0.2, 0.25) is 5.82 Å². The maximum atomic E-state index is 14.1. The van der Waals surface area contributed by atoms with Gasteiger partial charge in [-0.2, -0.15) is 4.39 Å². The lowest BCUT2D eigenvalue weighted by molar-refractivity contribution is -0.0194. The van der Waals surface area contributed by atoms with E-state index in [9.17, 15) is 14.3 Å². The van der Waals surface area contributed by atoms with Crippen LogP contribution in [0.3, 0.4) is 0 Å². The molecule has 1 aliphatic rings. The number of aromatic hydroxyl groups is 1. The lowest BCUT2D eigenvalue weighted by Gasteiger charge is -2.29. The van der Waals surface area contributed by atoms with E-state index in [0.29, 0.717) is 5.92 Å². The van der Waals surface area contributed by atoms with E-state index in [-0.39, 0.29) is 36.2 Å². The monoisotopic (exact) mass is 400 g/mol. The number of phenols is 1. The number of ketones is 1. The number of hydrogen-bond donors (Lipinski definition) is 1. The Morgan fingerprint density at radius 1 is 1.17 bits per heavy atom. The third-order valence-electron chi connectivity index (χ3n) is 5.46. The summed E-state index contributed by atoms with van der Waals surface area (Å²) in [5.41, 5.74) is 1.89. The summed E-state index contributed by atoms with van der Waals surface area (Å²) >= 11 is 0. The fraction of sp³-hybridized carbons (Fsp3) is 0.458. The van der Waals surface area contributed by atoms with Crippen molar-refractivity contribution in [2.45, 2.75) is 52.1 Å². The summed E-state index contributed by atoms with van der Waals surface area (Å²) in [6.45, 7) is 5.01. The number of hydrogen-bond acceptors (Lipinski definition) is 4. The first-order valence-corrected chi connectivity index (χ1v) is 10.4. The zero-order valence-electron chi connectivity index (χ0n) is 17.1. The summed E-state index contributed by atoms with van der Waals surface area (Å²) in [7, 11) is 0. The number of rotatable bonds is 8. The zero-order valence-corrected chi connectivity index (χ0v) is 17.1. The predicted octanol–water partition coefficient (Wildman–Crippen LogP) is 5.62. The van der Waals surface area contributed by atoms with Gasteiger partial charge in [-0.05, 0) is 55.4 Å². The number of Topliss-reactive ketones (excluding diaryl/α,β-unsaturated/α-hetero) is 1. The van der Waals surface area contributed by atoms with Crippen molar-refractivity contribution in [2.75, 3.05) is 13.2 Å². The van der Waals surface area contributed by atoms with Gasteiger partial charge in [-0.25, -0.2) is 0 Å². The average Bonchev–Trinajstić information content (AvgIpc) is 2.73. The van der Waals surface area contributed by atoms with Crippen LogP contribution >= 0.6 is 0 Å². The minimum absolute atomic E-state index is 0.0346. The second-order valence-electron chi connectivity index (χ2n) is 7.60. The SMILES string of the molecule is CCCC1CCC(c2ccc(CC(=O)c3ccc(OCC)c(F)c3O)cc2)OC1. The van der Waals surface area contributed by atoms with Crippen molar-refractivity contribution < 1.29 is 23.8 Å². The molecule has 0 spiro atoms. The Kier molecular flexibility index (Phi) is 7.26. The molecule has 4 nitrogen and oxygen atoms in total. The fourth-order valence-electron chi connectivity index (χ4n) is 3.87. The van der Waals surface area contributed by atoms with E-state index in [4.69, 9.17) is 9.47 Å². The molecule has 0 aromatic heterocycles. The molecule has 0 amide bonds. The first kappa shape index (κ1) is 21.3. The highest BCUT2D eigenvalue weighted by Gasteiger charge is 2.23. The van der Waals surface area contributed by atoms with Gasteiger partial charge in [0.15, 0.2) is 17.3 Å². The lowest BCUT2D eigenvalue weighted by atomic mass is 9.91. The highest BCUT2D eigenvalue weighted by molar-refractivity contribution is 6.00. The fourth-order valence-corrected chi connectivity index (χ4v) is 3.87. The standard InChI is InChI=1S/C24H29FO4/c1-3-5-17-8-12-21(29-15-17)18-9-6-16(7-10-18)14-20(26)19-11-13-22(28-4-2)23(25)24(19)27/h6-7,9-11,13,17,21,27H,3-5,8,12,14-15H2,1-2H3. The maximum Gasteiger partial charge on any atom is 0.207 e. The Balaban J connectivity index is 1.63. The molecule has 2 unspecified atom stereocenters. The van der Waals surface area contributed by atoms with Crippen molar-refractivity contribution in [1.82, 2.24) is 0 Å². The van der Waals surface area contributed by atoms with Gasteiger partial charge in [-0.15, -0.1) is 0 Å². The number of carbonyl (C=O) groups excluding carboxylic acids is 1. The summed E-state index contributed by atoms with van der Waals surface area (Å²) in [5.74, 6) is -1.29. The van der Waals surface area contributed by atoms with Crippen molar-refractivity contribution in [3.05, 3.63) is 58.9 Å². The topological polar surface area (TPSA) is 55.8 Å². The number of carbonyl (C=O) groups is 1. The summed E-state index contributed by atoms with van der Waals surface area (Å²) in [5, 5.41) is 10.0. The van der Waals surface area contributed by atoms with Crippen LogP contribution in [-0.4, -0.2) is 24.1 Å². The van der Waals surface area contributed by atoms with Crippen LogP contribution in [0.4, 0.5) is 4.39 Å². The van der Waals surface area contributed by atoms with E-state index < -0.39 is 11.6 Å². The first-order chi connectivity index (χ1) is 14.0. The van der Waals surface area contributed by atoms with Gasteiger partial charge in [0.25, 0.3) is 0 Å². The third-order valence-corrected chi connectivity index (χ3v) is 5.46. The Morgan fingerprint density at radius 3 is 2.55 bits per heavy atom. The molecule has 2 aromatic carbocycles. The number of halogens is 1. The molecule has 29 heavy (non-hydrogen) atoms. The summed E-state index contributed by atoms with van der Waals surface area (Å²) < 4.78 is 25.3. The molecule has 2 aromatic rings. The smallest absolute Gasteiger partial charge is 0.207 e. The molecule has 1 aliphatic heterocycles. The predicted molar refractivity (Wildman–Crippen MR) is 110 cm³/mol. The van der Waals surface area contributed by atoms with E-state index >= 15 is 0 Å². The van der Waals surface area contributed by atoms with Crippen molar-refractivity contribution >= 4 is 5.78 Å². The second-order valence-corrected chi connectivity index (χ2v) is 7.60. The highest BCUT2D eigenvalue weighted by Crippen LogP contribution is 2.33. The highest BCUT2D eigenvalue weighted by atomic mass is 19.1. The molecular weight excluding hydrogens is 371 g/mol. The van der Waals surface area contributed by atoms with E-state index in [1.807, 2.05) is 24.3 Å². The minimum Gasteiger partial charge on any atom is -0.504 e. The molecule has 0 saturated carbocycles. The van der Waals surface area contributed by atoms with E-state index in [1.165, 1.54) is 31.4 Å². The molecule has 5 heteroatoms. The van der Waals surface area contributed by atoms with Crippen LogP contribution in [0, 0.1) is 11.7 Å². The van der Waals surface area contributed by atoms with Crippen molar-refractivity contribution in [3.8, 4) is 11.5 Å². The van der Waals surface area contributed by atoms with Gasteiger partial charge in [0.1, 0.15) is 0 Å². The van der Waals surface area contributed by atoms with Gasteiger partial charge in [-0.1, -0.05) is 37.6 Å². The Morgan fingerprint density at radius 2 is 1.93 bits per heavy atom. The van der Waals surface area contributed by atoms with Crippen LogP contribution in [0.5, 0.6) is 11.5 Å². The first-order valence-electron chi connectivity index (χ1n) is 10.4. The minimum atomic E-state index is -0.899. The number of phenolic OH excluding ortho intramolecular Hbond substituents is 1. The van der Waals surface area contributed by atoms with Crippen molar-refractivity contribution in [3.63, 3.8) is 0 Å². The van der Waals surface area contributed by atoms with Crippen LogP contribution in [0.1, 0.15) is 67.1 Å². The molecular formula is C24H29FO4. The molecule has 1 heterocycles. The summed E-state index contributed by atoms with van der Waals surface area (Å²) in [6, 6.07) is 10.6. The van der Waals surface area contributed by atoms with Crippen molar-refractivity contribution in [1.29, 1.82) is 0 Å². The van der Waals surface area contributed by atoms with E-state index in [0.717, 1.165) is 24.2 Å². The van der Waals surface area contributed by atoms with Gasteiger partial charge < -0.3 is 14.6 Å². The largest absolute Gasteiger partial charge is 0.504 e. The van der Waals surface area contributed by atoms with Gasteiger partial charge in [0, 0.05) is 6.42 Å². The Bertz CT molecular complexity index is 824.